The molecular weight excluding hydrogens is 431 g/mol. The van der Waals surface area contributed by atoms with Crippen molar-refractivity contribution in [2.45, 2.75) is 52.3 Å². The number of hydrogen-bond acceptors (Lipinski definition) is 6. The van der Waals surface area contributed by atoms with Crippen LogP contribution in [0.3, 0.4) is 0 Å². The average molecular weight is 457 g/mol. The number of unbranched alkanes of at least 4 members (excludes halogenated alkanes) is 2. The van der Waals surface area contributed by atoms with Crippen LogP contribution in [0.25, 0.3) is 0 Å². The first kappa shape index (κ1) is 25.0. The van der Waals surface area contributed by atoms with Crippen LogP contribution in [0.2, 0.25) is 0 Å². The smallest absolute Gasteiger partial charge is 0.422 e. The summed E-state index contributed by atoms with van der Waals surface area (Å²) >= 11 is 0. The Morgan fingerprint density at radius 1 is 1.22 bits per heavy atom. The van der Waals surface area contributed by atoms with E-state index in [2.05, 4.69) is 14.7 Å². The number of carbonyl (C=O) groups is 1. The van der Waals surface area contributed by atoms with Gasteiger partial charge in [-0.1, -0.05) is 26.7 Å². The van der Waals surface area contributed by atoms with Crippen molar-refractivity contribution >= 4 is 17.4 Å². The number of halogens is 3. The second-order valence-corrected chi connectivity index (χ2v) is 7.10. The van der Waals surface area contributed by atoms with Gasteiger partial charge < -0.3 is 15.4 Å². The van der Waals surface area contributed by atoms with Crippen molar-refractivity contribution in [3.63, 3.8) is 0 Å². The van der Waals surface area contributed by atoms with Crippen molar-refractivity contribution in [1.82, 2.24) is 14.5 Å². The number of alkyl halides is 3. The number of nitrogens with one attached hydrogen (secondary N) is 1. The molecule has 0 bridgehead atoms. The fourth-order valence-corrected chi connectivity index (χ4v) is 2.91. The van der Waals surface area contributed by atoms with E-state index in [1.54, 1.807) is 0 Å². The SMILES string of the molecule is CCCCN(C(=O)c1ccc(OCC(F)(F)F)nc1)c1c(N)n(CCCC)c(=O)[nH]c1=O. The van der Waals surface area contributed by atoms with E-state index in [0.717, 1.165) is 23.6 Å². The fraction of sp³-hybridized carbons (Fsp3) is 0.500. The summed E-state index contributed by atoms with van der Waals surface area (Å²) in [6.07, 6.45) is -0.787. The molecule has 12 heteroatoms. The zero-order valence-corrected chi connectivity index (χ0v) is 17.9. The Morgan fingerprint density at radius 2 is 1.91 bits per heavy atom. The van der Waals surface area contributed by atoms with Gasteiger partial charge in [0.1, 0.15) is 5.82 Å². The first-order valence-electron chi connectivity index (χ1n) is 10.2. The van der Waals surface area contributed by atoms with E-state index in [0.29, 0.717) is 19.3 Å². The maximum Gasteiger partial charge on any atom is 0.422 e. The summed E-state index contributed by atoms with van der Waals surface area (Å²) in [5.74, 6) is -1.06. The van der Waals surface area contributed by atoms with E-state index in [4.69, 9.17) is 5.73 Å². The molecule has 2 heterocycles. The summed E-state index contributed by atoms with van der Waals surface area (Å²) in [7, 11) is 0. The van der Waals surface area contributed by atoms with Crippen LogP contribution in [0.15, 0.2) is 27.9 Å². The molecule has 2 aromatic heterocycles. The number of nitrogens with two attached hydrogens (primary N) is 1. The molecule has 0 spiro atoms. The number of H-pyrrole nitrogens is 1. The molecule has 2 aromatic rings. The van der Waals surface area contributed by atoms with Gasteiger partial charge >= 0.3 is 11.9 Å². The lowest BCUT2D eigenvalue weighted by atomic mass is 10.2. The number of anilines is 2. The van der Waals surface area contributed by atoms with Gasteiger partial charge in [-0.3, -0.25) is 19.1 Å². The highest BCUT2D eigenvalue weighted by molar-refractivity contribution is 6.07. The first-order valence-corrected chi connectivity index (χ1v) is 10.2. The Kier molecular flexibility index (Phi) is 8.44. The highest BCUT2D eigenvalue weighted by atomic mass is 19.4. The second-order valence-electron chi connectivity index (χ2n) is 7.10. The Morgan fingerprint density at radius 3 is 2.47 bits per heavy atom. The molecule has 176 valence electrons. The molecule has 3 N–H and O–H groups in total. The zero-order chi connectivity index (χ0) is 23.9. The summed E-state index contributed by atoms with van der Waals surface area (Å²) in [6.45, 7) is 2.72. The molecule has 0 aliphatic heterocycles. The molecule has 0 aliphatic carbocycles. The van der Waals surface area contributed by atoms with E-state index >= 15 is 0 Å². The molecule has 0 fully saturated rings. The lowest BCUT2D eigenvalue weighted by molar-refractivity contribution is -0.154. The van der Waals surface area contributed by atoms with Crippen LogP contribution in [0, 0.1) is 0 Å². The fourth-order valence-electron chi connectivity index (χ4n) is 2.91. The van der Waals surface area contributed by atoms with Crippen molar-refractivity contribution in [3.05, 3.63) is 44.7 Å². The Hall–Kier alpha value is -3.31. The molecule has 0 aromatic carbocycles. The normalized spacial score (nSPS) is 11.4. The molecule has 0 unspecified atom stereocenters. The van der Waals surface area contributed by atoms with Gasteiger partial charge in [0.15, 0.2) is 12.3 Å². The zero-order valence-electron chi connectivity index (χ0n) is 17.9. The van der Waals surface area contributed by atoms with Crippen LogP contribution in [0.4, 0.5) is 24.7 Å². The standard InChI is InChI=1S/C20H26F3N5O4/c1-3-5-9-27(15-16(24)28(10-6-4-2)19(31)26-17(15)29)18(30)13-7-8-14(25-11-13)32-12-20(21,22)23/h7-8,11H,3-6,9-10,12,24H2,1-2H3,(H,26,29,31). The van der Waals surface area contributed by atoms with Gasteiger partial charge in [-0.05, 0) is 18.9 Å². The van der Waals surface area contributed by atoms with Crippen molar-refractivity contribution in [1.29, 1.82) is 0 Å². The number of ether oxygens (including phenoxy) is 1. The van der Waals surface area contributed by atoms with Crippen molar-refractivity contribution < 1.29 is 22.7 Å². The molecule has 0 saturated heterocycles. The van der Waals surface area contributed by atoms with E-state index in [1.807, 2.05) is 13.8 Å². The Balaban J connectivity index is 2.41. The predicted molar refractivity (Wildman–Crippen MR) is 113 cm³/mol. The minimum atomic E-state index is -4.52. The molecule has 0 radical (unpaired) electrons. The maximum atomic E-state index is 13.2. The molecule has 0 aliphatic rings. The molecule has 9 nitrogen and oxygen atoms in total. The van der Waals surface area contributed by atoms with Gasteiger partial charge in [0, 0.05) is 25.4 Å². The summed E-state index contributed by atoms with van der Waals surface area (Å²) in [6, 6.07) is 2.38. The number of rotatable bonds is 10. The van der Waals surface area contributed by atoms with E-state index in [1.165, 1.54) is 10.6 Å². The van der Waals surface area contributed by atoms with Crippen molar-refractivity contribution in [3.8, 4) is 5.88 Å². The maximum absolute atomic E-state index is 13.2. The first-order chi connectivity index (χ1) is 15.1. The lowest BCUT2D eigenvalue weighted by Gasteiger charge is -2.24. The van der Waals surface area contributed by atoms with Gasteiger partial charge in [0.2, 0.25) is 5.88 Å². The minimum Gasteiger partial charge on any atom is -0.468 e. The van der Waals surface area contributed by atoms with Crippen LogP contribution in [-0.4, -0.2) is 39.8 Å². The van der Waals surface area contributed by atoms with Gasteiger partial charge in [-0.25, -0.2) is 9.78 Å². The molecule has 2 rings (SSSR count). The van der Waals surface area contributed by atoms with Gasteiger partial charge in [-0.2, -0.15) is 13.2 Å². The third-order valence-electron chi connectivity index (χ3n) is 4.57. The third kappa shape index (κ3) is 6.34. The van der Waals surface area contributed by atoms with Crippen LogP contribution in [0.1, 0.15) is 49.9 Å². The number of aromatic amines is 1. The monoisotopic (exact) mass is 457 g/mol. The molecule has 0 atom stereocenters. The van der Waals surface area contributed by atoms with E-state index in [-0.39, 0.29) is 36.0 Å². The molecule has 0 saturated carbocycles. The summed E-state index contributed by atoms with van der Waals surface area (Å²) in [5.41, 5.74) is 4.52. The Bertz CT molecular complexity index is 1030. The molecular formula is C20H26F3N5O4. The number of nitrogens with zero attached hydrogens (tertiary/aromatic N) is 3. The highest BCUT2D eigenvalue weighted by Crippen LogP contribution is 2.22. The number of carbonyl (C=O) groups excluding carboxylic acids is 1. The third-order valence-corrected chi connectivity index (χ3v) is 4.57. The predicted octanol–water partition coefficient (Wildman–Crippen LogP) is 2.70. The summed E-state index contributed by atoms with van der Waals surface area (Å²) in [4.78, 5) is 45.0. The lowest BCUT2D eigenvalue weighted by Crippen LogP contribution is -2.41. The Labute approximate surface area is 182 Å². The topological polar surface area (TPSA) is 123 Å². The van der Waals surface area contributed by atoms with Crippen LogP contribution >= 0.6 is 0 Å². The van der Waals surface area contributed by atoms with Crippen LogP contribution in [0.5, 0.6) is 5.88 Å². The summed E-state index contributed by atoms with van der Waals surface area (Å²) < 4.78 is 42.6. The van der Waals surface area contributed by atoms with E-state index < -0.39 is 29.9 Å². The minimum absolute atomic E-state index is 0.0190. The van der Waals surface area contributed by atoms with Crippen molar-refractivity contribution in [2.75, 3.05) is 23.8 Å². The number of aromatic nitrogens is 3. The van der Waals surface area contributed by atoms with Gasteiger partial charge in [0.05, 0.1) is 5.56 Å². The number of pyridine rings is 1. The largest absolute Gasteiger partial charge is 0.468 e. The number of hydrogen-bond donors (Lipinski definition) is 2. The van der Waals surface area contributed by atoms with Gasteiger partial charge in [0.25, 0.3) is 11.5 Å². The van der Waals surface area contributed by atoms with Crippen LogP contribution < -0.4 is 26.6 Å². The van der Waals surface area contributed by atoms with Gasteiger partial charge in [-0.15, -0.1) is 0 Å². The van der Waals surface area contributed by atoms with Crippen LogP contribution in [-0.2, 0) is 6.54 Å². The van der Waals surface area contributed by atoms with Crippen molar-refractivity contribution in [2.24, 2.45) is 0 Å². The average Bonchev–Trinajstić information content (AvgIpc) is 2.73. The number of amides is 1. The summed E-state index contributed by atoms with van der Waals surface area (Å²) in [5, 5.41) is 0. The molecule has 1 amide bonds. The molecule has 32 heavy (non-hydrogen) atoms. The van der Waals surface area contributed by atoms with E-state index in [9.17, 15) is 27.6 Å². The second kappa shape index (κ2) is 10.8. The highest BCUT2D eigenvalue weighted by Gasteiger charge is 2.29. The number of nitrogen functional groups attached to an aromatic ring is 1. The quantitative estimate of drug-likeness (QED) is 0.566.